The van der Waals surface area contributed by atoms with Gasteiger partial charge in [0.05, 0.1) is 23.4 Å². The van der Waals surface area contributed by atoms with Gasteiger partial charge in [-0.1, -0.05) is 6.07 Å². The molecule has 0 saturated heterocycles. The van der Waals surface area contributed by atoms with E-state index in [9.17, 15) is 4.79 Å². The quantitative estimate of drug-likeness (QED) is 0.779. The van der Waals surface area contributed by atoms with Crippen LogP contribution in [-0.2, 0) is 4.79 Å². The lowest BCUT2D eigenvalue weighted by Gasteiger charge is -2.11. The minimum absolute atomic E-state index is 0.128. The lowest BCUT2D eigenvalue weighted by molar-refractivity contribution is -0.116. The van der Waals surface area contributed by atoms with Gasteiger partial charge in [0, 0.05) is 6.07 Å². The number of aromatic nitrogens is 2. The highest BCUT2D eigenvalue weighted by atomic mass is 32.1. The Morgan fingerprint density at radius 1 is 1.30 bits per heavy atom. The first kappa shape index (κ1) is 15.4. The predicted molar refractivity (Wildman–Crippen MR) is 90.2 cm³/mol. The smallest absolute Gasteiger partial charge is 0.239 e. The first-order valence-electron chi connectivity index (χ1n) is 7.03. The Labute approximate surface area is 137 Å². The standard InChI is InChI=1S/C16H16N4O2S/c1-20(2)10-15(21)18-14-9-11(13-6-4-8-23-13)17-16(19-14)12-5-3-7-22-12/h3-9H,10H2,1-2H3,(H,17,18,19,21). The van der Waals surface area contributed by atoms with Crippen LogP contribution in [0.3, 0.4) is 0 Å². The van der Waals surface area contributed by atoms with Crippen LogP contribution in [0.2, 0.25) is 0 Å². The van der Waals surface area contributed by atoms with E-state index >= 15 is 0 Å². The number of carbonyl (C=O) groups excluding carboxylic acids is 1. The molecule has 118 valence electrons. The lowest BCUT2D eigenvalue weighted by Crippen LogP contribution is -2.27. The van der Waals surface area contributed by atoms with E-state index in [2.05, 4.69) is 15.3 Å². The molecule has 3 aromatic rings. The van der Waals surface area contributed by atoms with Gasteiger partial charge in [-0.05, 0) is 37.7 Å². The summed E-state index contributed by atoms with van der Waals surface area (Å²) >= 11 is 1.58. The van der Waals surface area contributed by atoms with Gasteiger partial charge in [-0.3, -0.25) is 4.79 Å². The Kier molecular flexibility index (Phi) is 4.50. The van der Waals surface area contributed by atoms with Crippen LogP contribution in [0, 0.1) is 0 Å². The number of thiophene rings is 1. The molecule has 0 aliphatic rings. The third-order valence-electron chi connectivity index (χ3n) is 2.97. The van der Waals surface area contributed by atoms with Crippen molar-refractivity contribution in [3.8, 4) is 22.2 Å². The zero-order valence-corrected chi connectivity index (χ0v) is 13.6. The molecule has 0 aromatic carbocycles. The summed E-state index contributed by atoms with van der Waals surface area (Å²) in [5.41, 5.74) is 0.751. The highest BCUT2D eigenvalue weighted by Gasteiger charge is 2.13. The molecule has 23 heavy (non-hydrogen) atoms. The first-order chi connectivity index (χ1) is 11.1. The van der Waals surface area contributed by atoms with Gasteiger partial charge in [0.25, 0.3) is 0 Å². The maximum absolute atomic E-state index is 12.0. The minimum Gasteiger partial charge on any atom is -0.461 e. The molecular weight excluding hydrogens is 312 g/mol. The minimum atomic E-state index is -0.128. The molecule has 3 heterocycles. The van der Waals surface area contributed by atoms with Crippen LogP contribution in [0.15, 0.2) is 46.4 Å². The maximum Gasteiger partial charge on any atom is 0.239 e. The molecule has 0 radical (unpaired) electrons. The summed E-state index contributed by atoms with van der Waals surface area (Å²) in [5, 5.41) is 4.79. The summed E-state index contributed by atoms with van der Waals surface area (Å²) in [5.74, 6) is 1.34. The number of nitrogens with zero attached hydrogens (tertiary/aromatic N) is 3. The monoisotopic (exact) mass is 328 g/mol. The number of anilines is 1. The second-order valence-electron chi connectivity index (χ2n) is 5.20. The van der Waals surface area contributed by atoms with E-state index in [0.717, 1.165) is 10.6 Å². The van der Waals surface area contributed by atoms with E-state index in [1.165, 1.54) is 0 Å². The fraction of sp³-hybridized carbons (Fsp3) is 0.188. The number of nitrogens with one attached hydrogen (secondary N) is 1. The first-order valence-corrected chi connectivity index (χ1v) is 7.91. The van der Waals surface area contributed by atoms with Gasteiger partial charge in [0.2, 0.25) is 5.91 Å². The van der Waals surface area contributed by atoms with Gasteiger partial charge in [-0.25, -0.2) is 9.97 Å². The highest BCUT2D eigenvalue weighted by Crippen LogP contribution is 2.27. The molecule has 0 atom stereocenters. The largest absolute Gasteiger partial charge is 0.461 e. The molecule has 0 saturated carbocycles. The Hall–Kier alpha value is -2.51. The topological polar surface area (TPSA) is 71.3 Å². The second-order valence-corrected chi connectivity index (χ2v) is 6.15. The third kappa shape index (κ3) is 3.82. The molecule has 0 aliphatic heterocycles. The van der Waals surface area contributed by atoms with Crippen LogP contribution in [0.25, 0.3) is 22.2 Å². The Morgan fingerprint density at radius 2 is 2.17 bits per heavy atom. The zero-order chi connectivity index (χ0) is 16.2. The van der Waals surface area contributed by atoms with E-state index in [0.29, 0.717) is 17.4 Å². The summed E-state index contributed by atoms with van der Waals surface area (Å²) in [6.07, 6.45) is 1.57. The summed E-state index contributed by atoms with van der Waals surface area (Å²) in [6.45, 7) is 0.286. The second kappa shape index (κ2) is 6.72. The van der Waals surface area contributed by atoms with E-state index in [1.54, 1.807) is 40.7 Å². The molecule has 3 aromatic heterocycles. The molecule has 7 heteroatoms. The number of furan rings is 1. The van der Waals surface area contributed by atoms with Crippen molar-refractivity contribution in [1.29, 1.82) is 0 Å². The number of hydrogen-bond acceptors (Lipinski definition) is 6. The fourth-order valence-electron chi connectivity index (χ4n) is 2.05. The van der Waals surface area contributed by atoms with Crippen molar-refractivity contribution in [3.05, 3.63) is 42.0 Å². The van der Waals surface area contributed by atoms with Crippen LogP contribution in [0.4, 0.5) is 5.82 Å². The SMILES string of the molecule is CN(C)CC(=O)Nc1cc(-c2cccs2)nc(-c2ccco2)n1. The number of amides is 1. The van der Waals surface area contributed by atoms with E-state index in [-0.39, 0.29) is 12.5 Å². The van der Waals surface area contributed by atoms with Crippen molar-refractivity contribution in [2.45, 2.75) is 0 Å². The van der Waals surface area contributed by atoms with Gasteiger partial charge >= 0.3 is 0 Å². The van der Waals surface area contributed by atoms with Gasteiger partial charge in [0.1, 0.15) is 5.82 Å². The number of hydrogen-bond donors (Lipinski definition) is 1. The van der Waals surface area contributed by atoms with Crippen molar-refractivity contribution in [3.63, 3.8) is 0 Å². The molecule has 1 amide bonds. The van der Waals surface area contributed by atoms with Crippen LogP contribution in [0.1, 0.15) is 0 Å². The normalized spacial score (nSPS) is 10.9. The molecular formula is C16H16N4O2S. The predicted octanol–water partition coefficient (Wildman–Crippen LogP) is 2.97. The van der Waals surface area contributed by atoms with Crippen molar-refractivity contribution in [2.24, 2.45) is 0 Å². The molecule has 0 fully saturated rings. The Balaban J connectivity index is 1.96. The van der Waals surface area contributed by atoms with Crippen molar-refractivity contribution in [1.82, 2.24) is 14.9 Å². The summed E-state index contributed by atoms with van der Waals surface area (Å²) in [4.78, 5) is 23.7. The number of likely N-dealkylation sites (N-methyl/N-ethyl adjacent to an activating group) is 1. The lowest BCUT2D eigenvalue weighted by atomic mass is 10.3. The number of carbonyl (C=O) groups is 1. The van der Waals surface area contributed by atoms with E-state index in [4.69, 9.17) is 4.42 Å². The van der Waals surface area contributed by atoms with Crippen molar-refractivity contribution < 1.29 is 9.21 Å². The molecule has 0 spiro atoms. The van der Waals surface area contributed by atoms with Crippen molar-refractivity contribution in [2.75, 3.05) is 26.0 Å². The van der Waals surface area contributed by atoms with Gasteiger partial charge < -0.3 is 14.6 Å². The number of rotatable bonds is 5. The molecule has 0 bridgehead atoms. The van der Waals surface area contributed by atoms with Crippen molar-refractivity contribution >= 4 is 23.1 Å². The molecule has 0 unspecified atom stereocenters. The third-order valence-corrected chi connectivity index (χ3v) is 3.86. The summed E-state index contributed by atoms with van der Waals surface area (Å²) in [6, 6.07) is 9.27. The van der Waals surface area contributed by atoms with E-state index < -0.39 is 0 Å². The highest BCUT2D eigenvalue weighted by molar-refractivity contribution is 7.13. The summed E-state index contributed by atoms with van der Waals surface area (Å²) in [7, 11) is 3.68. The van der Waals surface area contributed by atoms with E-state index in [1.807, 2.05) is 31.6 Å². The van der Waals surface area contributed by atoms with Crippen LogP contribution >= 0.6 is 11.3 Å². The molecule has 6 nitrogen and oxygen atoms in total. The van der Waals surface area contributed by atoms with Gasteiger partial charge in [-0.2, -0.15) is 0 Å². The average molecular weight is 328 g/mol. The molecule has 1 N–H and O–H groups in total. The van der Waals surface area contributed by atoms with Gasteiger partial charge in [-0.15, -0.1) is 11.3 Å². The zero-order valence-electron chi connectivity index (χ0n) is 12.8. The van der Waals surface area contributed by atoms with Crippen LogP contribution in [0.5, 0.6) is 0 Å². The van der Waals surface area contributed by atoms with Crippen LogP contribution in [-0.4, -0.2) is 41.4 Å². The Morgan fingerprint density at radius 3 is 2.83 bits per heavy atom. The molecule has 0 aliphatic carbocycles. The Bertz CT molecular complexity index is 730. The van der Waals surface area contributed by atoms with Crippen LogP contribution < -0.4 is 5.32 Å². The fourth-order valence-corrected chi connectivity index (χ4v) is 2.73. The molecule has 3 rings (SSSR count). The maximum atomic E-state index is 12.0. The van der Waals surface area contributed by atoms with Gasteiger partial charge in [0.15, 0.2) is 11.6 Å². The summed E-state index contributed by atoms with van der Waals surface area (Å²) < 4.78 is 5.37. The average Bonchev–Trinajstić information content (AvgIpc) is 3.20.